The molecule has 1 N–H and O–H groups in total. The van der Waals surface area contributed by atoms with E-state index < -0.39 is 17.3 Å². The summed E-state index contributed by atoms with van der Waals surface area (Å²) in [5.41, 5.74) is 2.42. The van der Waals surface area contributed by atoms with Gasteiger partial charge in [-0.25, -0.2) is 4.39 Å². The van der Waals surface area contributed by atoms with Gasteiger partial charge in [0.15, 0.2) is 6.10 Å². The fourth-order valence-electron chi connectivity index (χ4n) is 3.11. The van der Waals surface area contributed by atoms with E-state index in [9.17, 15) is 18.8 Å². The van der Waals surface area contributed by atoms with Crippen LogP contribution in [-0.2, 0) is 25.5 Å². The molecule has 158 valence electrons. The molecule has 1 aliphatic rings. The third-order valence-corrected chi connectivity index (χ3v) is 5.84. The zero-order valence-corrected chi connectivity index (χ0v) is 17.6. The number of carbonyl (C=O) groups is 3. The van der Waals surface area contributed by atoms with Crippen LogP contribution in [-0.4, -0.2) is 41.4 Å². The zero-order valence-electron chi connectivity index (χ0n) is 16.8. The van der Waals surface area contributed by atoms with Crippen LogP contribution in [0.25, 0.3) is 0 Å². The van der Waals surface area contributed by atoms with Crippen molar-refractivity contribution >= 4 is 40.9 Å². The van der Waals surface area contributed by atoms with Gasteiger partial charge in [0.25, 0.3) is 5.91 Å². The number of hydrogen-bond donors (Lipinski definition) is 1. The number of ether oxygens (including phenoxy) is 1. The smallest absolute Gasteiger partial charge is 0.319 e. The number of rotatable bonds is 7. The number of benzene rings is 2. The van der Waals surface area contributed by atoms with Crippen LogP contribution in [0.5, 0.6) is 0 Å². The first-order chi connectivity index (χ1) is 14.3. The summed E-state index contributed by atoms with van der Waals surface area (Å²) < 4.78 is 18.2. The molecule has 0 saturated carbocycles. The first kappa shape index (κ1) is 21.8. The van der Waals surface area contributed by atoms with Crippen LogP contribution in [0.4, 0.5) is 15.8 Å². The highest BCUT2D eigenvalue weighted by Crippen LogP contribution is 2.28. The highest BCUT2D eigenvalue weighted by atomic mass is 32.2. The Hall–Kier alpha value is -2.87. The minimum Gasteiger partial charge on any atom is -0.452 e. The Bertz CT molecular complexity index is 935. The molecule has 1 heterocycles. The molecule has 0 spiro atoms. The standard InChI is InChI=1S/C22H23FN2O4S/c1-14(21(27)25-12-11-16-5-3-4-6-19(16)25)29-22(28)15(2)30-13-20(26)24-18-9-7-17(23)8-10-18/h3-10,14-15H,11-13H2,1-2H3,(H,24,26). The molecule has 1 aliphatic heterocycles. The van der Waals surface area contributed by atoms with Crippen molar-refractivity contribution in [3.05, 3.63) is 59.9 Å². The molecule has 2 aromatic carbocycles. The number of anilines is 2. The second-order valence-corrected chi connectivity index (χ2v) is 8.29. The number of para-hydroxylation sites is 1. The topological polar surface area (TPSA) is 75.7 Å². The SMILES string of the molecule is CC(OC(=O)C(C)SCC(=O)Nc1ccc(F)cc1)C(=O)N1CCc2ccccc21. The summed E-state index contributed by atoms with van der Waals surface area (Å²) in [6.45, 7) is 3.74. The van der Waals surface area contributed by atoms with Gasteiger partial charge in [0.05, 0.1) is 5.75 Å². The molecule has 3 rings (SSSR count). The van der Waals surface area contributed by atoms with E-state index >= 15 is 0 Å². The van der Waals surface area contributed by atoms with Crippen molar-refractivity contribution in [3.8, 4) is 0 Å². The van der Waals surface area contributed by atoms with Crippen molar-refractivity contribution in [2.24, 2.45) is 0 Å². The largest absolute Gasteiger partial charge is 0.452 e. The third-order valence-electron chi connectivity index (χ3n) is 4.72. The van der Waals surface area contributed by atoms with Gasteiger partial charge in [0, 0.05) is 17.9 Å². The fourth-order valence-corrected chi connectivity index (χ4v) is 3.77. The highest BCUT2D eigenvalue weighted by molar-refractivity contribution is 8.01. The molecule has 0 aromatic heterocycles. The van der Waals surface area contributed by atoms with Gasteiger partial charge in [-0.15, -0.1) is 11.8 Å². The van der Waals surface area contributed by atoms with E-state index in [0.29, 0.717) is 12.2 Å². The summed E-state index contributed by atoms with van der Waals surface area (Å²) >= 11 is 1.10. The molecule has 8 heteroatoms. The number of halogens is 1. The van der Waals surface area contributed by atoms with Crippen molar-refractivity contribution in [3.63, 3.8) is 0 Å². The fraction of sp³-hybridized carbons (Fsp3) is 0.318. The Morgan fingerprint density at radius 1 is 1.13 bits per heavy atom. The number of fused-ring (bicyclic) bond motifs is 1. The summed E-state index contributed by atoms with van der Waals surface area (Å²) in [5.74, 6) is -1.50. The minimum absolute atomic E-state index is 0.0233. The number of thioether (sulfide) groups is 1. The number of hydrogen-bond acceptors (Lipinski definition) is 5. The lowest BCUT2D eigenvalue weighted by molar-refractivity contribution is -0.153. The molecule has 0 radical (unpaired) electrons. The Labute approximate surface area is 178 Å². The predicted octanol–water partition coefficient (Wildman–Crippen LogP) is 3.41. The predicted molar refractivity (Wildman–Crippen MR) is 115 cm³/mol. The van der Waals surface area contributed by atoms with Crippen LogP contribution < -0.4 is 10.2 Å². The summed E-state index contributed by atoms with van der Waals surface area (Å²) in [4.78, 5) is 38.7. The normalized spacial score (nSPS) is 14.6. The van der Waals surface area contributed by atoms with E-state index in [1.165, 1.54) is 24.3 Å². The van der Waals surface area contributed by atoms with Crippen molar-refractivity contribution < 1.29 is 23.5 Å². The lowest BCUT2D eigenvalue weighted by Crippen LogP contribution is -2.40. The summed E-state index contributed by atoms with van der Waals surface area (Å²) in [6.07, 6.45) is -0.141. The van der Waals surface area contributed by atoms with Gasteiger partial charge in [-0.05, 0) is 56.2 Å². The van der Waals surface area contributed by atoms with Crippen LogP contribution in [0.3, 0.4) is 0 Å². The molecule has 6 nitrogen and oxygen atoms in total. The Morgan fingerprint density at radius 3 is 2.57 bits per heavy atom. The number of carbonyl (C=O) groups excluding carboxylic acids is 3. The Kier molecular flexibility index (Phi) is 7.10. The molecule has 0 bridgehead atoms. The number of amides is 2. The van der Waals surface area contributed by atoms with Crippen LogP contribution in [0.2, 0.25) is 0 Å². The van der Waals surface area contributed by atoms with Crippen LogP contribution in [0, 0.1) is 5.82 Å². The van der Waals surface area contributed by atoms with Crippen molar-refractivity contribution in [1.29, 1.82) is 0 Å². The first-order valence-electron chi connectivity index (χ1n) is 9.62. The molecule has 0 saturated heterocycles. The van der Waals surface area contributed by atoms with Gasteiger partial charge >= 0.3 is 5.97 Å². The van der Waals surface area contributed by atoms with Gasteiger partial charge in [0.1, 0.15) is 11.1 Å². The molecule has 2 atom stereocenters. The highest BCUT2D eigenvalue weighted by Gasteiger charge is 2.30. The lowest BCUT2D eigenvalue weighted by Gasteiger charge is -2.22. The van der Waals surface area contributed by atoms with Gasteiger partial charge in [-0.1, -0.05) is 18.2 Å². The van der Waals surface area contributed by atoms with Crippen LogP contribution >= 0.6 is 11.8 Å². The number of nitrogens with zero attached hydrogens (tertiary/aromatic N) is 1. The van der Waals surface area contributed by atoms with E-state index in [1.807, 2.05) is 24.3 Å². The van der Waals surface area contributed by atoms with Gasteiger partial charge in [0.2, 0.25) is 5.91 Å². The van der Waals surface area contributed by atoms with E-state index in [2.05, 4.69) is 5.32 Å². The molecule has 2 unspecified atom stereocenters. The number of nitrogens with one attached hydrogen (secondary N) is 1. The maximum atomic E-state index is 12.9. The summed E-state index contributed by atoms with van der Waals surface area (Å²) in [5, 5.41) is 2.01. The van der Waals surface area contributed by atoms with Crippen molar-refractivity contribution in [1.82, 2.24) is 0 Å². The van der Waals surface area contributed by atoms with Crippen LogP contribution in [0.15, 0.2) is 48.5 Å². The monoisotopic (exact) mass is 430 g/mol. The molecule has 30 heavy (non-hydrogen) atoms. The van der Waals surface area contributed by atoms with Crippen molar-refractivity contribution in [2.45, 2.75) is 31.6 Å². The lowest BCUT2D eigenvalue weighted by atomic mass is 10.2. The average molecular weight is 431 g/mol. The summed E-state index contributed by atoms with van der Waals surface area (Å²) in [7, 11) is 0. The quantitative estimate of drug-likeness (QED) is 0.682. The average Bonchev–Trinajstić information content (AvgIpc) is 3.17. The zero-order chi connectivity index (χ0) is 21.7. The van der Waals surface area contributed by atoms with E-state index in [1.54, 1.807) is 18.7 Å². The Morgan fingerprint density at radius 2 is 1.83 bits per heavy atom. The Balaban J connectivity index is 1.46. The maximum absolute atomic E-state index is 12.9. The third kappa shape index (κ3) is 5.38. The second kappa shape index (κ2) is 9.75. The van der Waals surface area contributed by atoms with E-state index in [4.69, 9.17) is 4.74 Å². The number of esters is 1. The van der Waals surface area contributed by atoms with Gasteiger partial charge in [-0.2, -0.15) is 0 Å². The molecule has 2 aromatic rings. The van der Waals surface area contributed by atoms with Gasteiger partial charge in [-0.3, -0.25) is 14.4 Å². The molecule has 0 fully saturated rings. The van der Waals surface area contributed by atoms with E-state index in [-0.39, 0.29) is 23.4 Å². The van der Waals surface area contributed by atoms with E-state index in [0.717, 1.165) is 29.4 Å². The van der Waals surface area contributed by atoms with Crippen molar-refractivity contribution in [2.75, 3.05) is 22.5 Å². The first-order valence-corrected chi connectivity index (χ1v) is 10.7. The molecule has 2 amide bonds. The molecule has 0 aliphatic carbocycles. The molecular weight excluding hydrogens is 407 g/mol. The van der Waals surface area contributed by atoms with Crippen LogP contribution in [0.1, 0.15) is 19.4 Å². The maximum Gasteiger partial charge on any atom is 0.319 e. The molecular formula is C22H23FN2O4S. The second-order valence-electron chi connectivity index (χ2n) is 6.96. The minimum atomic E-state index is -0.917. The van der Waals surface area contributed by atoms with Gasteiger partial charge < -0.3 is 15.0 Å². The summed E-state index contributed by atoms with van der Waals surface area (Å²) in [6, 6.07) is 13.1.